The van der Waals surface area contributed by atoms with E-state index in [1.54, 1.807) is 0 Å². The number of alkyl halides is 2. The fourth-order valence-electron chi connectivity index (χ4n) is 0.799. The molecule has 70 valence electrons. The summed E-state index contributed by atoms with van der Waals surface area (Å²) in [6, 6.07) is 0. The van der Waals surface area contributed by atoms with Gasteiger partial charge in [-0.15, -0.1) is 0 Å². The van der Waals surface area contributed by atoms with Crippen LogP contribution in [-0.2, 0) is 0 Å². The molecule has 2 atom stereocenters. The Kier molecular flexibility index (Phi) is 7.81. The summed E-state index contributed by atoms with van der Waals surface area (Å²) in [7, 11) is 0. The molecule has 0 saturated heterocycles. The molecule has 2 heteroatoms. The average molecular weight is 270 g/mol. The van der Waals surface area contributed by atoms with E-state index in [1.165, 1.54) is 19.4 Å². The fraction of sp³-hybridized carbons (Fsp3) is 1.00. The molecule has 0 saturated carbocycles. The van der Waals surface area contributed by atoms with Crippen LogP contribution >= 0.6 is 0 Å². The van der Waals surface area contributed by atoms with E-state index in [0.717, 1.165) is 7.97 Å². The van der Waals surface area contributed by atoms with Crippen molar-refractivity contribution >= 4 is 0 Å². The summed E-state index contributed by atoms with van der Waals surface area (Å²) in [6.45, 7) is 10.4. The van der Waals surface area contributed by atoms with Gasteiger partial charge in [0, 0.05) is 0 Å². The molecule has 0 rings (SSSR count). The predicted molar refractivity (Wildman–Crippen MR) is 47.5 cm³/mol. The van der Waals surface area contributed by atoms with Gasteiger partial charge in [-0.25, -0.2) is 0 Å². The van der Waals surface area contributed by atoms with Crippen LogP contribution in [0.1, 0.15) is 40.5 Å². The van der Waals surface area contributed by atoms with Crippen LogP contribution < -0.4 is 26.5 Å². The molecule has 1 N–H and O–H groups in total. The van der Waals surface area contributed by atoms with Gasteiger partial charge in [0.1, 0.15) is 0 Å². The minimum absolute atomic E-state index is 0.376. The van der Waals surface area contributed by atoms with E-state index in [4.69, 9.17) is 0 Å². The summed E-state index contributed by atoms with van der Waals surface area (Å²) >= 11 is 0.376. The first-order chi connectivity index (χ1) is 5.20. The number of hydrogen-bond donors (Lipinski definition) is 1. The molecule has 0 spiro atoms. The molecule has 0 bridgehead atoms. The summed E-state index contributed by atoms with van der Waals surface area (Å²) in [5.74, 6) is 0. The zero-order valence-electron chi connectivity index (χ0n) is 8.15. The first-order valence-electron chi connectivity index (χ1n) is 4.56. The van der Waals surface area contributed by atoms with Crippen molar-refractivity contribution in [1.82, 2.24) is 5.32 Å². The summed E-state index contributed by atoms with van der Waals surface area (Å²) in [5, 5.41) is 3.55. The van der Waals surface area contributed by atoms with Gasteiger partial charge in [-0.2, -0.15) is 0 Å². The van der Waals surface area contributed by atoms with Crippen LogP contribution in [0.4, 0.5) is 0 Å². The van der Waals surface area contributed by atoms with Gasteiger partial charge in [0.25, 0.3) is 0 Å². The van der Waals surface area contributed by atoms with Gasteiger partial charge in [0.2, 0.25) is 0 Å². The van der Waals surface area contributed by atoms with Gasteiger partial charge in [0.05, 0.1) is 0 Å². The van der Waals surface area contributed by atoms with Crippen LogP contribution in [0.5, 0.6) is 0 Å². The Hall–Kier alpha value is 0.690. The van der Waals surface area contributed by atoms with E-state index >= 15 is 0 Å². The number of nitrogens with one attached hydrogen (secondary N) is 1. The van der Waals surface area contributed by atoms with Crippen molar-refractivity contribution in [2.45, 2.75) is 48.5 Å². The third kappa shape index (κ3) is 7.06. The van der Waals surface area contributed by atoms with E-state index < -0.39 is 0 Å². The second kappa shape index (κ2) is 7.35. The molecular formula is C9H21IN-. The van der Waals surface area contributed by atoms with Crippen LogP contribution in [0.3, 0.4) is 0 Å². The minimum atomic E-state index is 0.376. The maximum absolute atomic E-state index is 3.55. The quantitative estimate of drug-likeness (QED) is 0.379. The predicted octanol–water partition coefficient (Wildman–Crippen LogP) is -0.780. The van der Waals surface area contributed by atoms with Gasteiger partial charge in [-0.1, -0.05) is 0 Å². The van der Waals surface area contributed by atoms with E-state index in [0.29, 0.717) is 21.2 Å². The van der Waals surface area contributed by atoms with Gasteiger partial charge < -0.3 is 0 Å². The molecule has 0 aliphatic rings. The number of hydrogen-bond acceptors (Lipinski definition) is 1. The first-order valence-corrected chi connectivity index (χ1v) is 7.05. The molecule has 0 aromatic heterocycles. The molecule has 1 nitrogen and oxygen atoms in total. The van der Waals surface area contributed by atoms with Crippen molar-refractivity contribution < 1.29 is 21.2 Å². The van der Waals surface area contributed by atoms with E-state index in [1.807, 2.05) is 0 Å². The van der Waals surface area contributed by atoms with E-state index in [9.17, 15) is 0 Å². The van der Waals surface area contributed by atoms with Crippen molar-refractivity contribution in [1.29, 1.82) is 0 Å². The second-order valence-electron chi connectivity index (χ2n) is 2.89. The summed E-state index contributed by atoms with van der Waals surface area (Å²) < 4.78 is 1.79. The zero-order valence-corrected chi connectivity index (χ0v) is 10.3. The normalized spacial score (nSPS) is 16.7. The Balaban J connectivity index is 3.27. The Bertz CT molecular complexity index is 85.6. The summed E-state index contributed by atoms with van der Waals surface area (Å²) in [4.78, 5) is 0. The molecule has 0 fully saturated rings. The topological polar surface area (TPSA) is 12.0 Å². The molecule has 0 aromatic carbocycles. The van der Waals surface area contributed by atoms with Crippen molar-refractivity contribution in [3.63, 3.8) is 0 Å². The monoisotopic (exact) mass is 270 g/mol. The SMILES string of the molecule is CCCN[C@@H](C)[I-][C@@H](C)CC. The molecule has 0 aliphatic heterocycles. The van der Waals surface area contributed by atoms with Crippen LogP contribution in [0.25, 0.3) is 0 Å². The average Bonchev–Trinajstić information content (AvgIpc) is 2.00. The Morgan fingerprint density at radius 2 is 1.91 bits per heavy atom. The van der Waals surface area contributed by atoms with Gasteiger partial charge in [-0.3, -0.25) is 0 Å². The molecule has 0 aliphatic carbocycles. The van der Waals surface area contributed by atoms with Crippen LogP contribution in [-0.4, -0.2) is 14.5 Å². The number of halogens is 1. The van der Waals surface area contributed by atoms with E-state index in [-0.39, 0.29) is 0 Å². The van der Waals surface area contributed by atoms with Crippen molar-refractivity contribution in [3.8, 4) is 0 Å². The van der Waals surface area contributed by atoms with E-state index in [2.05, 4.69) is 33.0 Å². The Morgan fingerprint density at radius 3 is 2.36 bits per heavy atom. The van der Waals surface area contributed by atoms with Gasteiger partial charge >= 0.3 is 81.6 Å². The van der Waals surface area contributed by atoms with Gasteiger partial charge in [-0.05, 0) is 0 Å². The van der Waals surface area contributed by atoms with Gasteiger partial charge in [0.15, 0.2) is 0 Å². The molecule has 0 heterocycles. The fourth-order valence-corrected chi connectivity index (χ4v) is 3.72. The third-order valence-corrected chi connectivity index (χ3v) is 5.27. The first kappa shape index (κ1) is 11.7. The van der Waals surface area contributed by atoms with Crippen LogP contribution in [0, 0.1) is 0 Å². The molecule has 0 aromatic rings. The van der Waals surface area contributed by atoms with Crippen molar-refractivity contribution in [2.75, 3.05) is 6.54 Å². The second-order valence-corrected chi connectivity index (χ2v) is 7.60. The number of rotatable bonds is 6. The maximum atomic E-state index is 3.55. The molecule has 0 amide bonds. The Morgan fingerprint density at radius 1 is 1.27 bits per heavy atom. The molecule has 0 radical (unpaired) electrons. The van der Waals surface area contributed by atoms with Crippen molar-refractivity contribution in [3.05, 3.63) is 0 Å². The Labute approximate surface area is 81.6 Å². The molecular weight excluding hydrogens is 249 g/mol. The summed E-state index contributed by atoms with van der Waals surface area (Å²) in [5.41, 5.74) is 0. The molecule has 11 heavy (non-hydrogen) atoms. The summed E-state index contributed by atoms with van der Waals surface area (Å²) in [6.07, 6.45) is 2.61. The van der Waals surface area contributed by atoms with Crippen molar-refractivity contribution in [2.24, 2.45) is 0 Å². The zero-order chi connectivity index (χ0) is 8.69. The third-order valence-electron chi connectivity index (χ3n) is 1.64. The molecule has 0 unspecified atom stereocenters. The standard InChI is InChI=1S/C9H21IN/c1-5-7-11-9(4)10-8(3)6-2/h8-9,11H,5-7H2,1-4H3/q-1/t8-,9-/m0/s1. The van der Waals surface area contributed by atoms with Crippen LogP contribution in [0.2, 0.25) is 0 Å². The van der Waals surface area contributed by atoms with Crippen LogP contribution in [0.15, 0.2) is 0 Å².